The molecule has 0 aliphatic heterocycles. The molecule has 0 amide bonds. The van der Waals surface area contributed by atoms with E-state index in [4.69, 9.17) is 11.6 Å². The Kier molecular flexibility index (Phi) is 5.07. The molecule has 0 fully saturated rings. The molecule has 106 valence electrons. The Morgan fingerprint density at radius 3 is 2.63 bits per heavy atom. The Hall–Kier alpha value is -1.41. The van der Waals surface area contributed by atoms with Gasteiger partial charge in [-0.2, -0.15) is 0 Å². The van der Waals surface area contributed by atoms with Crippen LogP contribution in [-0.4, -0.2) is 25.0 Å². The number of alkyl halides is 1. The van der Waals surface area contributed by atoms with Crippen molar-refractivity contribution in [2.75, 3.05) is 16.4 Å². The molecule has 1 atom stereocenters. The predicted molar refractivity (Wildman–Crippen MR) is 70.3 cm³/mol. The van der Waals surface area contributed by atoms with Crippen LogP contribution in [0.3, 0.4) is 0 Å². The second-order valence-electron chi connectivity index (χ2n) is 4.10. The fraction of sp³-hybridized carbons (Fsp3) is 0.400. The number of sulfonamides is 1. The normalized spacial score (nSPS) is 13.0. The third-order valence-electron chi connectivity index (χ3n) is 2.13. The lowest BCUT2D eigenvalue weighted by Crippen LogP contribution is -2.22. The maximum absolute atomic E-state index is 13.1. The molecular formula is C10H12ClFN2O4S. The van der Waals surface area contributed by atoms with Gasteiger partial charge in [0.25, 0.3) is 5.69 Å². The van der Waals surface area contributed by atoms with Gasteiger partial charge in [0.05, 0.1) is 22.4 Å². The van der Waals surface area contributed by atoms with Crippen LogP contribution in [0.1, 0.15) is 6.92 Å². The van der Waals surface area contributed by atoms with Crippen molar-refractivity contribution >= 4 is 33.0 Å². The Balaban J connectivity index is 2.96. The lowest BCUT2D eigenvalue weighted by atomic mass is 10.3. The summed E-state index contributed by atoms with van der Waals surface area (Å²) in [5.41, 5.74) is -0.712. The fourth-order valence-electron chi connectivity index (χ4n) is 1.38. The van der Waals surface area contributed by atoms with Crippen LogP contribution in [0, 0.1) is 21.8 Å². The minimum atomic E-state index is -3.73. The van der Waals surface area contributed by atoms with Crippen LogP contribution >= 0.6 is 11.6 Å². The first kappa shape index (κ1) is 15.6. The molecule has 1 aromatic carbocycles. The van der Waals surface area contributed by atoms with Gasteiger partial charge in [0, 0.05) is 11.9 Å². The van der Waals surface area contributed by atoms with Gasteiger partial charge in [0.2, 0.25) is 10.0 Å². The van der Waals surface area contributed by atoms with Crippen LogP contribution in [0.4, 0.5) is 15.8 Å². The van der Waals surface area contributed by atoms with Crippen LogP contribution in [0.15, 0.2) is 18.2 Å². The highest BCUT2D eigenvalue weighted by atomic mass is 35.5. The zero-order valence-electron chi connectivity index (χ0n) is 9.97. The molecule has 0 heterocycles. The minimum Gasteiger partial charge on any atom is -0.283 e. The molecule has 9 heteroatoms. The first-order valence-electron chi connectivity index (χ1n) is 5.25. The Bertz CT molecular complexity index is 579. The summed E-state index contributed by atoms with van der Waals surface area (Å²) in [5, 5.41) is 10.5. The van der Waals surface area contributed by atoms with E-state index < -0.39 is 26.5 Å². The molecule has 1 aromatic rings. The van der Waals surface area contributed by atoms with Crippen LogP contribution in [0.2, 0.25) is 0 Å². The third kappa shape index (κ3) is 4.99. The summed E-state index contributed by atoms with van der Waals surface area (Å²) >= 11 is 5.51. The fourth-order valence-corrected chi connectivity index (χ4v) is 3.04. The number of rotatable bonds is 6. The molecule has 0 radical (unpaired) electrons. The summed E-state index contributed by atoms with van der Waals surface area (Å²) in [6.45, 7) is 1.64. The SMILES string of the molecule is CC(CCl)CS(=O)(=O)Nc1cc(F)cc([N+](=O)[O-])c1. The highest BCUT2D eigenvalue weighted by Gasteiger charge is 2.17. The van der Waals surface area contributed by atoms with E-state index in [0.29, 0.717) is 6.07 Å². The average molecular weight is 311 g/mol. The lowest BCUT2D eigenvalue weighted by Gasteiger charge is -2.11. The van der Waals surface area contributed by atoms with E-state index in [-0.39, 0.29) is 23.2 Å². The monoisotopic (exact) mass is 310 g/mol. The second kappa shape index (κ2) is 6.16. The number of hydrogen-bond donors (Lipinski definition) is 1. The minimum absolute atomic E-state index is 0.157. The van der Waals surface area contributed by atoms with Gasteiger partial charge in [-0.1, -0.05) is 6.92 Å². The van der Waals surface area contributed by atoms with Crippen molar-refractivity contribution in [2.45, 2.75) is 6.92 Å². The molecule has 19 heavy (non-hydrogen) atoms. The van der Waals surface area contributed by atoms with Gasteiger partial charge in [-0.15, -0.1) is 11.6 Å². The highest BCUT2D eigenvalue weighted by molar-refractivity contribution is 7.92. The number of nitrogens with one attached hydrogen (secondary N) is 1. The lowest BCUT2D eigenvalue weighted by molar-refractivity contribution is -0.385. The summed E-state index contributed by atoms with van der Waals surface area (Å²) in [6.07, 6.45) is 0. The van der Waals surface area contributed by atoms with E-state index in [2.05, 4.69) is 4.72 Å². The van der Waals surface area contributed by atoms with Crippen molar-refractivity contribution in [3.8, 4) is 0 Å². The highest BCUT2D eigenvalue weighted by Crippen LogP contribution is 2.21. The zero-order valence-corrected chi connectivity index (χ0v) is 11.5. The summed E-state index contributed by atoms with van der Waals surface area (Å²) in [4.78, 5) is 9.74. The van der Waals surface area contributed by atoms with Gasteiger partial charge in [0.15, 0.2) is 0 Å². The number of halogens is 2. The number of hydrogen-bond acceptors (Lipinski definition) is 4. The molecule has 0 spiro atoms. The molecule has 6 nitrogen and oxygen atoms in total. The summed E-state index contributed by atoms with van der Waals surface area (Å²) in [7, 11) is -3.73. The van der Waals surface area contributed by atoms with E-state index in [1.807, 2.05) is 0 Å². The van der Waals surface area contributed by atoms with Crippen LogP contribution < -0.4 is 4.72 Å². The Morgan fingerprint density at radius 1 is 1.47 bits per heavy atom. The molecule has 0 aliphatic rings. The first-order valence-corrected chi connectivity index (χ1v) is 7.43. The topological polar surface area (TPSA) is 89.3 Å². The number of anilines is 1. The first-order chi connectivity index (χ1) is 8.73. The van der Waals surface area contributed by atoms with Crippen molar-refractivity contribution in [3.63, 3.8) is 0 Å². The van der Waals surface area contributed by atoms with E-state index in [1.165, 1.54) is 0 Å². The standard InChI is InChI=1S/C10H12ClFN2O4S/c1-7(5-11)6-19(17,18)13-9-2-8(12)3-10(4-9)14(15)16/h2-4,7,13H,5-6H2,1H3. The van der Waals surface area contributed by atoms with Crippen molar-refractivity contribution in [1.82, 2.24) is 0 Å². The summed E-state index contributed by atoms with van der Waals surface area (Å²) in [5.74, 6) is -1.27. The van der Waals surface area contributed by atoms with Crippen LogP contribution in [0.5, 0.6) is 0 Å². The largest absolute Gasteiger partial charge is 0.283 e. The van der Waals surface area contributed by atoms with Gasteiger partial charge in [-0.3, -0.25) is 14.8 Å². The summed E-state index contributed by atoms with van der Waals surface area (Å²) in [6, 6.07) is 2.53. The van der Waals surface area contributed by atoms with E-state index in [0.717, 1.165) is 12.1 Å². The Labute approximate surface area is 114 Å². The van der Waals surface area contributed by atoms with E-state index in [9.17, 15) is 22.9 Å². The Morgan fingerprint density at radius 2 is 2.11 bits per heavy atom. The predicted octanol–water partition coefficient (Wildman–Crippen LogP) is 2.35. The molecular weight excluding hydrogens is 299 g/mol. The van der Waals surface area contributed by atoms with Gasteiger partial charge in [0.1, 0.15) is 5.82 Å². The van der Waals surface area contributed by atoms with Crippen molar-refractivity contribution in [1.29, 1.82) is 0 Å². The molecule has 1 rings (SSSR count). The van der Waals surface area contributed by atoms with Crippen LogP contribution in [0.25, 0.3) is 0 Å². The summed E-state index contributed by atoms with van der Waals surface area (Å²) < 4.78 is 38.6. The van der Waals surface area contributed by atoms with Gasteiger partial charge in [-0.05, 0) is 12.0 Å². The smallest absolute Gasteiger partial charge is 0.274 e. The molecule has 1 unspecified atom stereocenters. The number of non-ortho nitro benzene ring substituents is 1. The molecule has 0 aliphatic carbocycles. The van der Waals surface area contributed by atoms with E-state index >= 15 is 0 Å². The molecule has 0 bridgehead atoms. The molecule has 1 N–H and O–H groups in total. The quantitative estimate of drug-likeness (QED) is 0.496. The number of nitro groups is 1. The maximum Gasteiger partial charge on any atom is 0.274 e. The molecule has 0 saturated carbocycles. The number of nitro benzene ring substituents is 1. The maximum atomic E-state index is 13.1. The van der Waals surface area contributed by atoms with E-state index in [1.54, 1.807) is 6.92 Å². The van der Waals surface area contributed by atoms with Gasteiger partial charge >= 0.3 is 0 Å². The number of nitrogens with zero attached hydrogens (tertiary/aromatic N) is 1. The average Bonchev–Trinajstić information content (AvgIpc) is 2.26. The van der Waals surface area contributed by atoms with Gasteiger partial charge in [-0.25, -0.2) is 12.8 Å². The third-order valence-corrected chi connectivity index (χ3v) is 4.22. The molecule has 0 aromatic heterocycles. The van der Waals surface area contributed by atoms with Crippen LogP contribution in [-0.2, 0) is 10.0 Å². The zero-order chi connectivity index (χ0) is 14.6. The van der Waals surface area contributed by atoms with Crippen molar-refractivity contribution < 1.29 is 17.7 Å². The second-order valence-corrected chi connectivity index (χ2v) is 6.17. The molecule has 0 saturated heterocycles. The van der Waals surface area contributed by atoms with Crippen molar-refractivity contribution in [2.24, 2.45) is 5.92 Å². The van der Waals surface area contributed by atoms with Crippen molar-refractivity contribution in [3.05, 3.63) is 34.1 Å². The van der Waals surface area contributed by atoms with Gasteiger partial charge < -0.3 is 0 Å². The number of benzene rings is 1.